The summed E-state index contributed by atoms with van der Waals surface area (Å²) in [5.74, 6) is 1.01. The Morgan fingerprint density at radius 1 is 1.00 bits per heavy atom. The SMILES string of the molecule is COCc1ncnc(OCCCc2ccc(C(C)(C)C)cc2)c1OC. The molecule has 0 aliphatic heterocycles. The van der Waals surface area contributed by atoms with Crippen LogP contribution in [0.2, 0.25) is 0 Å². The van der Waals surface area contributed by atoms with Gasteiger partial charge >= 0.3 is 0 Å². The fourth-order valence-corrected chi connectivity index (χ4v) is 2.56. The van der Waals surface area contributed by atoms with Crippen LogP contribution in [0.5, 0.6) is 11.6 Å². The number of hydrogen-bond donors (Lipinski definition) is 0. The third-order valence-electron chi connectivity index (χ3n) is 4.00. The zero-order valence-electron chi connectivity index (χ0n) is 15.8. The van der Waals surface area contributed by atoms with Gasteiger partial charge in [-0.1, -0.05) is 45.0 Å². The standard InChI is InChI=1S/C20H28N2O3/c1-20(2,3)16-10-8-15(9-11-16)7-6-12-25-19-18(24-5)17(13-23-4)21-14-22-19/h8-11,14H,6-7,12-13H2,1-5H3. The van der Waals surface area contributed by atoms with E-state index in [2.05, 4.69) is 55.0 Å². The molecule has 136 valence electrons. The Labute approximate surface area is 150 Å². The summed E-state index contributed by atoms with van der Waals surface area (Å²) in [6, 6.07) is 8.81. The van der Waals surface area contributed by atoms with E-state index in [0.717, 1.165) is 12.8 Å². The quantitative estimate of drug-likeness (QED) is 0.679. The van der Waals surface area contributed by atoms with E-state index in [-0.39, 0.29) is 5.41 Å². The highest BCUT2D eigenvalue weighted by Gasteiger charge is 2.14. The van der Waals surface area contributed by atoms with Gasteiger partial charge in [0.1, 0.15) is 12.0 Å². The van der Waals surface area contributed by atoms with Crippen molar-refractivity contribution in [2.45, 2.75) is 45.6 Å². The molecule has 0 amide bonds. The van der Waals surface area contributed by atoms with Crippen molar-refractivity contribution in [1.82, 2.24) is 9.97 Å². The average Bonchev–Trinajstić information content (AvgIpc) is 2.59. The van der Waals surface area contributed by atoms with E-state index in [9.17, 15) is 0 Å². The summed E-state index contributed by atoms with van der Waals surface area (Å²) in [7, 11) is 3.20. The van der Waals surface area contributed by atoms with Crippen LogP contribution in [0.1, 0.15) is 44.0 Å². The number of methoxy groups -OCH3 is 2. The predicted octanol–water partition coefficient (Wildman–Crippen LogP) is 3.94. The fourth-order valence-electron chi connectivity index (χ4n) is 2.56. The van der Waals surface area contributed by atoms with Crippen LogP contribution < -0.4 is 9.47 Å². The molecule has 0 fully saturated rings. The van der Waals surface area contributed by atoms with E-state index < -0.39 is 0 Å². The molecule has 2 aromatic rings. The van der Waals surface area contributed by atoms with Gasteiger partial charge in [0.15, 0.2) is 0 Å². The summed E-state index contributed by atoms with van der Waals surface area (Å²) >= 11 is 0. The summed E-state index contributed by atoms with van der Waals surface area (Å²) in [5, 5.41) is 0. The van der Waals surface area contributed by atoms with Gasteiger partial charge in [0.2, 0.25) is 5.75 Å². The van der Waals surface area contributed by atoms with E-state index in [1.165, 1.54) is 17.5 Å². The van der Waals surface area contributed by atoms with Crippen LogP contribution in [-0.2, 0) is 23.2 Å². The number of aryl methyl sites for hydroxylation is 1. The molecule has 1 aromatic heterocycles. The van der Waals surface area contributed by atoms with Gasteiger partial charge in [0, 0.05) is 7.11 Å². The van der Waals surface area contributed by atoms with Crippen LogP contribution in [0.4, 0.5) is 0 Å². The number of rotatable bonds is 8. The van der Waals surface area contributed by atoms with Crippen LogP contribution in [-0.4, -0.2) is 30.8 Å². The van der Waals surface area contributed by atoms with Crippen LogP contribution in [0, 0.1) is 0 Å². The molecule has 0 N–H and O–H groups in total. The second kappa shape index (κ2) is 8.81. The van der Waals surface area contributed by atoms with Gasteiger partial charge in [0.05, 0.1) is 20.3 Å². The smallest absolute Gasteiger partial charge is 0.260 e. The molecule has 5 heteroatoms. The molecule has 2 rings (SSSR count). The number of ether oxygens (including phenoxy) is 3. The first-order valence-corrected chi connectivity index (χ1v) is 8.54. The molecule has 0 spiro atoms. The Morgan fingerprint density at radius 3 is 2.32 bits per heavy atom. The first kappa shape index (κ1) is 19.2. The monoisotopic (exact) mass is 344 g/mol. The molecule has 0 aliphatic carbocycles. The summed E-state index contributed by atoms with van der Waals surface area (Å²) in [6.45, 7) is 7.61. The highest BCUT2D eigenvalue weighted by molar-refractivity contribution is 5.36. The summed E-state index contributed by atoms with van der Waals surface area (Å²) in [5.41, 5.74) is 3.54. The maximum absolute atomic E-state index is 5.78. The van der Waals surface area contributed by atoms with Crippen molar-refractivity contribution in [2.24, 2.45) is 0 Å². The van der Waals surface area contributed by atoms with Crippen LogP contribution in [0.15, 0.2) is 30.6 Å². The largest absolute Gasteiger partial charge is 0.490 e. The van der Waals surface area contributed by atoms with Gasteiger partial charge in [0.25, 0.3) is 5.88 Å². The second-order valence-corrected chi connectivity index (χ2v) is 6.99. The molecule has 0 saturated heterocycles. The number of benzene rings is 1. The molecule has 1 aromatic carbocycles. The molecule has 0 saturated carbocycles. The average molecular weight is 344 g/mol. The molecule has 0 radical (unpaired) electrons. The van der Waals surface area contributed by atoms with Gasteiger partial charge in [-0.2, -0.15) is 4.98 Å². The lowest BCUT2D eigenvalue weighted by molar-refractivity contribution is 0.175. The fraction of sp³-hybridized carbons (Fsp3) is 0.500. The van der Waals surface area contributed by atoms with Crippen LogP contribution >= 0.6 is 0 Å². The molecule has 25 heavy (non-hydrogen) atoms. The molecule has 0 aliphatic rings. The molecule has 0 unspecified atom stereocenters. The van der Waals surface area contributed by atoms with E-state index in [4.69, 9.17) is 14.2 Å². The first-order chi connectivity index (χ1) is 12.0. The predicted molar refractivity (Wildman–Crippen MR) is 98.3 cm³/mol. The Bertz CT molecular complexity index is 664. The maximum atomic E-state index is 5.78. The van der Waals surface area contributed by atoms with Gasteiger partial charge in [-0.25, -0.2) is 4.98 Å². The van der Waals surface area contributed by atoms with Gasteiger partial charge in [-0.3, -0.25) is 0 Å². The van der Waals surface area contributed by atoms with Crippen molar-refractivity contribution >= 4 is 0 Å². The Hall–Kier alpha value is -2.14. The van der Waals surface area contributed by atoms with Gasteiger partial charge < -0.3 is 14.2 Å². The minimum atomic E-state index is 0.186. The highest BCUT2D eigenvalue weighted by Crippen LogP contribution is 2.27. The van der Waals surface area contributed by atoms with Gasteiger partial charge in [-0.05, 0) is 29.4 Å². The summed E-state index contributed by atoms with van der Waals surface area (Å²) in [6.07, 6.45) is 3.34. The molecule has 0 bridgehead atoms. The lowest BCUT2D eigenvalue weighted by Crippen LogP contribution is -2.10. The minimum Gasteiger partial charge on any atom is -0.490 e. The second-order valence-electron chi connectivity index (χ2n) is 6.99. The molecule has 1 heterocycles. The molecular formula is C20H28N2O3. The highest BCUT2D eigenvalue weighted by atomic mass is 16.5. The molecule has 0 atom stereocenters. The van der Waals surface area contributed by atoms with E-state index in [0.29, 0.717) is 30.5 Å². The zero-order valence-corrected chi connectivity index (χ0v) is 15.8. The summed E-state index contributed by atoms with van der Waals surface area (Å²) in [4.78, 5) is 8.32. The maximum Gasteiger partial charge on any atom is 0.260 e. The van der Waals surface area contributed by atoms with E-state index >= 15 is 0 Å². The Balaban J connectivity index is 1.88. The van der Waals surface area contributed by atoms with Crippen LogP contribution in [0.3, 0.4) is 0 Å². The Kier molecular flexibility index (Phi) is 6.76. The van der Waals surface area contributed by atoms with Crippen molar-refractivity contribution in [3.63, 3.8) is 0 Å². The normalized spacial score (nSPS) is 11.4. The number of aromatic nitrogens is 2. The molecule has 5 nitrogen and oxygen atoms in total. The van der Waals surface area contributed by atoms with Crippen molar-refractivity contribution in [1.29, 1.82) is 0 Å². The van der Waals surface area contributed by atoms with Crippen molar-refractivity contribution in [3.05, 3.63) is 47.4 Å². The van der Waals surface area contributed by atoms with Gasteiger partial charge in [-0.15, -0.1) is 0 Å². The zero-order chi connectivity index (χ0) is 18.3. The van der Waals surface area contributed by atoms with Crippen LogP contribution in [0.25, 0.3) is 0 Å². The molecular weight excluding hydrogens is 316 g/mol. The van der Waals surface area contributed by atoms with E-state index in [1.54, 1.807) is 14.2 Å². The lowest BCUT2D eigenvalue weighted by atomic mass is 9.86. The van der Waals surface area contributed by atoms with Crippen molar-refractivity contribution < 1.29 is 14.2 Å². The topological polar surface area (TPSA) is 53.5 Å². The Morgan fingerprint density at radius 2 is 1.72 bits per heavy atom. The van der Waals surface area contributed by atoms with E-state index in [1.807, 2.05) is 0 Å². The lowest BCUT2D eigenvalue weighted by Gasteiger charge is -2.19. The first-order valence-electron chi connectivity index (χ1n) is 8.54. The third-order valence-corrected chi connectivity index (χ3v) is 4.00. The summed E-state index contributed by atoms with van der Waals surface area (Å²) < 4.78 is 16.3. The minimum absolute atomic E-state index is 0.186. The van der Waals surface area contributed by atoms with Crippen molar-refractivity contribution in [3.8, 4) is 11.6 Å². The van der Waals surface area contributed by atoms with Crippen molar-refractivity contribution in [2.75, 3.05) is 20.8 Å². The third kappa shape index (κ3) is 5.43. The number of hydrogen-bond acceptors (Lipinski definition) is 5. The number of nitrogens with zero attached hydrogens (tertiary/aromatic N) is 2.